The number of methoxy groups -OCH3 is 1. The zero-order chi connectivity index (χ0) is 11.1. The van der Waals surface area contributed by atoms with Crippen molar-refractivity contribution in [1.29, 1.82) is 0 Å². The number of allylic oxidation sites excluding steroid dienone is 1. The summed E-state index contributed by atoms with van der Waals surface area (Å²) in [5.41, 5.74) is 1.07. The zero-order valence-corrected chi connectivity index (χ0v) is 9.10. The first-order chi connectivity index (χ1) is 7.22. The molecule has 0 N–H and O–H groups in total. The highest BCUT2D eigenvalue weighted by Crippen LogP contribution is 2.07. The molecule has 0 amide bonds. The third kappa shape index (κ3) is 4.63. The van der Waals surface area contributed by atoms with E-state index in [9.17, 15) is 0 Å². The van der Waals surface area contributed by atoms with Gasteiger partial charge >= 0.3 is 6.48 Å². The summed E-state index contributed by atoms with van der Waals surface area (Å²) >= 11 is 0. The lowest BCUT2D eigenvalue weighted by Gasteiger charge is -2.17. The first kappa shape index (κ1) is 11.8. The van der Waals surface area contributed by atoms with E-state index in [1.165, 1.54) is 7.11 Å². The number of hydrogen-bond donors (Lipinski definition) is 0. The van der Waals surface area contributed by atoms with E-state index in [1.54, 1.807) is 6.92 Å². The van der Waals surface area contributed by atoms with Gasteiger partial charge in [0.2, 0.25) is 0 Å². The first-order valence-corrected chi connectivity index (χ1v) is 4.73. The molecule has 1 unspecified atom stereocenters. The number of hydrogen-bond acceptors (Lipinski definition) is 3. The number of benzene rings is 1. The van der Waals surface area contributed by atoms with E-state index in [1.807, 2.05) is 30.3 Å². The number of ether oxygens (including phenoxy) is 3. The Bertz CT molecular complexity index is 295. The summed E-state index contributed by atoms with van der Waals surface area (Å²) in [6.45, 7) is 5.12. The molecular formula is C12H16O3. The molecule has 0 bridgehead atoms. The van der Waals surface area contributed by atoms with Gasteiger partial charge in [-0.3, -0.25) is 0 Å². The topological polar surface area (TPSA) is 27.7 Å². The van der Waals surface area contributed by atoms with E-state index < -0.39 is 6.48 Å². The summed E-state index contributed by atoms with van der Waals surface area (Å²) in [4.78, 5) is 0. The Morgan fingerprint density at radius 2 is 2.00 bits per heavy atom. The molecule has 82 valence electrons. The molecule has 0 saturated heterocycles. The maximum atomic E-state index is 5.38. The Labute approximate surface area is 90.3 Å². The van der Waals surface area contributed by atoms with E-state index in [0.717, 1.165) is 5.56 Å². The molecule has 0 spiro atoms. The summed E-state index contributed by atoms with van der Waals surface area (Å²) in [6.07, 6.45) is 0. The fourth-order valence-corrected chi connectivity index (χ4v) is 1.05. The molecule has 1 aromatic carbocycles. The molecule has 0 heterocycles. The molecule has 0 aliphatic heterocycles. The summed E-state index contributed by atoms with van der Waals surface area (Å²) in [6, 6.07) is 9.84. The van der Waals surface area contributed by atoms with Crippen molar-refractivity contribution in [3.05, 3.63) is 48.2 Å². The highest BCUT2D eigenvalue weighted by Gasteiger charge is 2.07. The summed E-state index contributed by atoms with van der Waals surface area (Å²) in [5.74, 6) is 0.565. The second-order valence-corrected chi connectivity index (χ2v) is 3.14. The summed E-state index contributed by atoms with van der Waals surface area (Å²) in [7, 11) is 1.53. The van der Waals surface area contributed by atoms with Crippen LogP contribution in [0.2, 0.25) is 0 Å². The molecule has 1 atom stereocenters. The summed E-state index contributed by atoms with van der Waals surface area (Å²) in [5, 5.41) is 0. The van der Waals surface area contributed by atoms with E-state index in [4.69, 9.17) is 14.2 Å². The van der Waals surface area contributed by atoms with Crippen LogP contribution in [0.25, 0.3) is 0 Å². The Balaban J connectivity index is 2.37. The van der Waals surface area contributed by atoms with Gasteiger partial charge in [0.25, 0.3) is 0 Å². The fraction of sp³-hybridized carbons (Fsp3) is 0.333. The predicted octanol–water partition coefficient (Wildman–Crippen LogP) is 2.68. The zero-order valence-electron chi connectivity index (χ0n) is 9.10. The SMILES string of the molecule is C=C(C)OC(OC)OCc1ccccc1. The second-order valence-electron chi connectivity index (χ2n) is 3.14. The van der Waals surface area contributed by atoms with Gasteiger partial charge in [-0.25, -0.2) is 0 Å². The van der Waals surface area contributed by atoms with Gasteiger partial charge in [0.1, 0.15) is 0 Å². The van der Waals surface area contributed by atoms with Crippen LogP contribution in [-0.2, 0) is 20.8 Å². The third-order valence-corrected chi connectivity index (χ3v) is 1.72. The van der Waals surface area contributed by atoms with Gasteiger partial charge in [0, 0.05) is 7.11 Å². The Hall–Kier alpha value is -1.32. The van der Waals surface area contributed by atoms with Gasteiger partial charge in [-0.15, -0.1) is 0 Å². The Kier molecular flexibility index (Phi) is 4.87. The van der Waals surface area contributed by atoms with Crippen LogP contribution in [0.3, 0.4) is 0 Å². The van der Waals surface area contributed by atoms with Crippen molar-refractivity contribution in [2.45, 2.75) is 20.0 Å². The van der Waals surface area contributed by atoms with Crippen LogP contribution in [0, 0.1) is 0 Å². The normalized spacial score (nSPS) is 12.1. The highest BCUT2D eigenvalue weighted by molar-refractivity contribution is 5.13. The van der Waals surface area contributed by atoms with Crippen molar-refractivity contribution in [3.8, 4) is 0 Å². The first-order valence-electron chi connectivity index (χ1n) is 4.73. The van der Waals surface area contributed by atoms with Crippen LogP contribution in [0.15, 0.2) is 42.7 Å². The van der Waals surface area contributed by atoms with Crippen molar-refractivity contribution in [3.63, 3.8) is 0 Å². The average Bonchev–Trinajstić information content (AvgIpc) is 2.25. The van der Waals surface area contributed by atoms with Gasteiger partial charge in [-0.2, -0.15) is 0 Å². The molecule has 1 aromatic rings. The highest BCUT2D eigenvalue weighted by atomic mass is 16.8. The van der Waals surface area contributed by atoms with Crippen molar-refractivity contribution in [2.24, 2.45) is 0 Å². The lowest BCUT2D eigenvalue weighted by molar-refractivity contribution is -0.264. The van der Waals surface area contributed by atoms with Crippen molar-refractivity contribution < 1.29 is 14.2 Å². The fourth-order valence-electron chi connectivity index (χ4n) is 1.05. The van der Waals surface area contributed by atoms with Crippen LogP contribution in [-0.4, -0.2) is 13.6 Å². The number of rotatable bonds is 6. The molecule has 0 aliphatic carbocycles. The Morgan fingerprint density at radius 3 is 2.53 bits per heavy atom. The minimum absolute atomic E-state index is 0.451. The van der Waals surface area contributed by atoms with Gasteiger partial charge in [-0.1, -0.05) is 36.9 Å². The van der Waals surface area contributed by atoms with E-state index in [0.29, 0.717) is 12.4 Å². The monoisotopic (exact) mass is 208 g/mol. The maximum absolute atomic E-state index is 5.38. The molecule has 0 fully saturated rings. The van der Waals surface area contributed by atoms with Gasteiger partial charge in [-0.05, 0) is 12.5 Å². The quantitative estimate of drug-likeness (QED) is 0.531. The van der Waals surface area contributed by atoms with Gasteiger partial charge < -0.3 is 14.2 Å². The van der Waals surface area contributed by atoms with Crippen LogP contribution in [0.4, 0.5) is 0 Å². The Morgan fingerprint density at radius 1 is 1.33 bits per heavy atom. The van der Waals surface area contributed by atoms with Crippen molar-refractivity contribution in [2.75, 3.05) is 7.11 Å². The predicted molar refractivity (Wildman–Crippen MR) is 57.9 cm³/mol. The molecule has 0 aliphatic rings. The second kappa shape index (κ2) is 6.22. The van der Waals surface area contributed by atoms with E-state index in [2.05, 4.69) is 6.58 Å². The average molecular weight is 208 g/mol. The van der Waals surface area contributed by atoms with E-state index in [-0.39, 0.29) is 0 Å². The van der Waals surface area contributed by atoms with Crippen molar-refractivity contribution >= 4 is 0 Å². The minimum atomic E-state index is -0.692. The van der Waals surface area contributed by atoms with Crippen LogP contribution < -0.4 is 0 Å². The molecule has 0 aromatic heterocycles. The lowest BCUT2D eigenvalue weighted by Crippen LogP contribution is -2.18. The molecule has 0 saturated carbocycles. The largest absolute Gasteiger partial charge is 0.447 e. The van der Waals surface area contributed by atoms with Crippen LogP contribution in [0.1, 0.15) is 12.5 Å². The molecule has 3 heteroatoms. The molecule has 3 nitrogen and oxygen atoms in total. The van der Waals surface area contributed by atoms with Crippen molar-refractivity contribution in [1.82, 2.24) is 0 Å². The van der Waals surface area contributed by atoms with E-state index >= 15 is 0 Å². The van der Waals surface area contributed by atoms with Gasteiger partial charge in [0.15, 0.2) is 0 Å². The molecular weight excluding hydrogens is 192 g/mol. The van der Waals surface area contributed by atoms with Gasteiger partial charge in [0.05, 0.1) is 12.4 Å². The minimum Gasteiger partial charge on any atom is -0.447 e. The smallest absolute Gasteiger partial charge is 0.315 e. The maximum Gasteiger partial charge on any atom is 0.315 e. The lowest BCUT2D eigenvalue weighted by atomic mass is 10.2. The third-order valence-electron chi connectivity index (χ3n) is 1.72. The standard InChI is InChI=1S/C12H16O3/c1-10(2)15-12(13-3)14-9-11-7-5-4-6-8-11/h4-8,12H,1,9H2,2-3H3. The molecule has 0 radical (unpaired) electrons. The molecule has 15 heavy (non-hydrogen) atoms. The van der Waals surface area contributed by atoms with Crippen LogP contribution in [0.5, 0.6) is 0 Å². The van der Waals surface area contributed by atoms with Crippen LogP contribution >= 0.6 is 0 Å². The molecule has 1 rings (SSSR count). The summed E-state index contributed by atoms with van der Waals surface area (Å²) < 4.78 is 15.5.